The van der Waals surface area contributed by atoms with E-state index < -0.39 is 0 Å². The predicted octanol–water partition coefficient (Wildman–Crippen LogP) is 5.38. The topological polar surface area (TPSA) is 22.1 Å². The summed E-state index contributed by atoms with van der Waals surface area (Å²) in [6, 6.07) is 10.2. The van der Waals surface area contributed by atoms with Gasteiger partial charge in [0, 0.05) is 10.5 Å². The molecule has 0 unspecified atom stereocenters. The van der Waals surface area contributed by atoms with Gasteiger partial charge >= 0.3 is 0 Å². The van der Waals surface area contributed by atoms with Gasteiger partial charge in [0.25, 0.3) is 0 Å². The maximum Gasteiger partial charge on any atom is 0.219 e. The first-order valence-electron chi connectivity index (χ1n) is 6.39. The molecule has 0 saturated heterocycles. The number of halogens is 1. The number of hydrogen-bond acceptors (Lipinski definition) is 2. The molecule has 2 rings (SSSR count). The second kappa shape index (κ2) is 5.74. The van der Waals surface area contributed by atoms with Gasteiger partial charge in [0.2, 0.25) is 5.88 Å². The van der Waals surface area contributed by atoms with E-state index in [4.69, 9.17) is 4.74 Å². The van der Waals surface area contributed by atoms with Gasteiger partial charge in [-0.05, 0) is 59.0 Å². The average molecular weight is 320 g/mol. The van der Waals surface area contributed by atoms with Crippen LogP contribution in [0.1, 0.15) is 36.6 Å². The van der Waals surface area contributed by atoms with Crippen LogP contribution in [0.15, 0.2) is 34.8 Å². The van der Waals surface area contributed by atoms with Crippen LogP contribution in [0.3, 0.4) is 0 Å². The molecule has 2 nitrogen and oxygen atoms in total. The molecule has 0 atom stereocenters. The van der Waals surface area contributed by atoms with E-state index in [2.05, 4.69) is 53.0 Å². The highest BCUT2D eigenvalue weighted by molar-refractivity contribution is 9.10. The van der Waals surface area contributed by atoms with Crippen molar-refractivity contribution in [1.29, 1.82) is 0 Å². The molecule has 1 aromatic heterocycles. The Kier molecular flexibility index (Phi) is 4.25. The fourth-order valence-electron chi connectivity index (χ4n) is 1.78. The maximum absolute atomic E-state index is 5.90. The smallest absolute Gasteiger partial charge is 0.219 e. The minimum absolute atomic E-state index is 0.488. The number of ether oxygens (including phenoxy) is 1. The summed E-state index contributed by atoms with van der Waals surface area (Å²) in [7, 11) is 0. The van der Waals surface area contributed by atoms with E-state index in [0.717, 1.165) is 21.5 Å². The van der Waals surface area contributed by atoms with Crippen molar-refractivity contribution in [3.05, 3.63) is 51.6 Å². The van der Waals surface area contributed by atoms with Crippen LogP contribution in [0.5, 0.6) is 11.6 Å². The Morgan fingerprint density at radius 2 is 1.84 bits per heavy atom. The van der Waals surface area contributed by atoms with Crippen LogP contribution in [0.25, 0.3) is 0 Å². The molecule has 0 saturated carbocycles. The number of benzene rings is 1. The first kappa shape index (κ1) is 14.1. The van der Waals surface area contributed by atoms with Gasteiger partial charge in [-0.3, -0.25) is 0 Å². The van der Waals surface area contributed by atoms with E-state index in [1.54, 1.807) is 0 Å². The highest BCUT2D eigenvalue weighted by Gasteiger charge is 2.07. The molecular formula is C16H18BrNO. The highest BCUT2D eigenvalue weighted by Crippen LogP contribution is 2.28. The Morgan fingerprint density at radius 3 is 2.47 bits per heavy atom. The molecule has 1 aromatic carbocycles. The normalized spacial score (nSPS) is 10.8. The Balaban J connectivity index is 2.31. The first-order chi connectivity index (χ1) is 8.97. The van der Waals surface area contributed by atoms with E-state index in [-0.39, 0.29) is 0 Å². The standard InChI is InChI=1S/C16H18BrNO/c1-10(2)13-6-5-11(3)15(9-13)19-16-8-7-14(17)12(4)18-16/h5-10H,1-4H3. The lowest BCUT2D eigenvalue weighted by atomic mass is 10.0. The van der Waals surface area contributed by atoms with Gasteiger partial charge in [-0.2, -0.15) is 0 Å². The minimum Gasteiger partial charge on any atom is -0.439 e. The van der Waals surface area contributed by atoms with Crippen molar-refractivity contribution in [2.75, 3.05) is 0 Å². The Morgan fingerprint density at radius 1 is 1.11 bits per heavy atom. The van der Waals surface area contributed by atoms with Crippen LogP contribution in [-0.4, -0.2) is 4.98 Å². The zero-order valence-electron chi connectivity index (χ0n) is 11.7. The average Bonchev–Trinajstić information content (AvgIpc) is 2.36. The van der Waals surface area contributed by atoms with Gasteiger partial charge in [0.1, 0.15) is 5.75 Å². The number of hydrogen-bond donors (Lipinski definition) is 0. The fraction of sp³-hybridized carbons (Fsp3) is 0.312. The summed E-state index contributed by atoms with van der Waals surface area (Å²) in [6.07, 6.45) is 0. The molecule has 1 heterocycles. The molecule has 0 aliphatic carbocycles. The van der Waals surface area contributed by atoms with Crippen LogP contribution in [0, 0.1) is 13.8 Å². The van der Waals surface area contributed by atoms with Crippen LogP contribution in [0.2, 0.25) is 0 Å². The lowest BCUT2D eigenvalue weighted by molar-refractivity contribution is 0.457. The fourth-order valence-corrected chi connectivity index (χ4v) is 2.00. The SMILES string of the molecule is Cc1ccc(C(C)C)cc1Oc1ccc(Br)c(C)n1. The predicted molar refractivity (Wildman–Crippen MR) is 82.0 cm³/mol. The van der Waals surface area contributed by atoms with E-state index in [0.29, 0.717) is 11.8 Å². The molecule has 0 N–H and O–H groups in total. The largest absolute Gasteiger partial charge is 0.439 e. The minimum atomic E-state index is 0.488. The van der Waals surface area contributed by atoms with Crippen molar-refractivity contribution in [3.63, 3.8) is 0 Å². The molecule has 2 aromatic rings. The summed E-state index contributed by atoms with van der Waals surface area (Å²) in [4.78, 5) is 4.41. The van der Waals surface area contributed by atoms with E-state index >= 15 is 0 Å². The first-order valence-corrected chi connectivity index (χ1v) is 7.18. The van der Waals surface area contributed by atoms with Crippen molar-refractivity contribution >= 4 is 15.9 Å². The Hall–Kier alpha value is -1.35. The van der Waals surface area contributed by atoms with Crippen molar-refractivity contribution < 1.29 is 4.74 Å². The van der Waals surface area contributed by atoms with E-state index in [1.807, 2.05) is 26.0 Å². The van der Waals surface area contributed by atoms with Crippen LogP contribution in [0.4, 0.5) is 0 Å². The van der Waals surface area contributed by atoms with Crippen molar-refractivity contribution in [2.45, 2.75) is 33.6 Å². The summed E-state index contributed by atoms with van der Waals surface area (Å²) in [5, 5.41) is 0. The van der Waals surface area contributed by atoms with Crippen LogP contribution in [-0.2, 0) is 0 Å². The van der Waals surface area contributed by atoms with Gasteiger partial charge in [-0.15, -0.1) is 0 Å². The zero-order valence-corrected chi connectivity index (χ0v) is 13.3. The second-order valence-electron chi connectivity index (χ2n) is 5.00. The summed E-state index contributed by atoms with van der Waals surface area (Å²) in [6.45, 7) is 8.35. The number of pyridine rings is 1. The molecule has 0 fully saturated rings. The second-order valence-corrected chi connectivity index (χ2v) is 5.85. The quantitative estimate of drug-likeness (QED) is 0.758. The highest BCUT2D eigenvalue weighted by atomic mass is 79.9. The van der Waals surface area contributed by atoms with Crippen molar-refractivity contribution in [2.24, 2.45) is 0 Å². The number of nitrogens with zero attached hydrogens (tertiary/aromatic N) is 1. The number of aryl methyl sites for hydroxylation is 2. The molecule has 0 spiro atoms. The van der Waals surface area contributed by atoms with Crippen molar-refractivity contribution in [1.82, 2.24) is 4.98 Å². The molecule has 0 bridgehead atoms. The monoisotopic (exact) mass is 319 g/mol. The summed E-state index contributed by atoms with van der Waals surface area (Å²) in [5.74, 6) is 1.99. The zero-order chi connectivity index (χ0) is 14.0. The molecule has 0 aliphatic rings. The van der Waals surface area contributed by atoms with Gasteiger partial charge < -0.3 is 4.74 Å². The summed E-state index contributed by atoms with van der Waals surface area (Å²) in [5.41, 5.74) is 3.32. The summed E-state index contributed by atoms with van der Waals surface area (Å²) >= 11 is 3.44. The van der Waals surface area contributed by atoms with Crippen LogP contribution < -0.4 is 4.74 Å². The third-order valence-corrected chi connectivity index (χ3v) is 3.93. The Labute approximate surface area is 123 Å². The molecule has 0 amide bonds. The van der Waals surface area contributed by atoms with Gasteiger partial charge in [0.15, 0.2) is 0 Å². The van der Waals surface area contributed by atoms with E-state index in [9.17, 15) is 0 Å². The molecular weight excluding hydrogens is 302 g/mol. The third kappa shape index (κ3) is 3.35. The van der Waals surface area contributed by atoms with E-state index in [1.165, 1.54) is 5.56 Å². The molecule has 19 heavy (non-hydrogen) atoms. The molecule has 100 valence electrons. The van der Waals surface area contributed by atoms with Gasteiger partial charge in [-0.1, -0.05) is 26.0 Å². The number of aromatic nitrogens is 1. The maximum atomic E-state index is 5.90. The third-order valence-electron chi connectivity index (χ3n) is 3.09. The lowest BCUT2D eigenvalue weighted by Gasteiger charge is -2.12. The molecule has 0 aliphatic heterocycles. The van der Waals surface area contributed by atoms with Gasteiger partial charge in [0.05, 0.1) is 5.69 Å². The lowest BCUT2D eigenvalue weighted by Crippen LogP contribution is -1.95. The van der Waals surface area contributed by atoms with Gasteiger partial charge in [-0.25, -0.2) is 4.98 Å². The molecule has 0 radical (unpaired) electrons. The number of rotatable bonds is 3. The molecule has 3 heteroatoms. The van der Waals surface area contributed by atoms with Crippen molar-refractivity contribution in [3.8, 4) is 11.6 Å². The van der Waals surface area contributed by atoms with Crippen LogP contribution >= 0.6 is 15.9 Å². The summed E-state index contributed by atoms with van der Waals surface area (Å²) < 4.78 is 6.90. The Bertz CT molecular complexity index is 593.